The van der Waals surface area contributed by atoms with Gasteiger partial charge in [0.25, 0.3) is 11.8 Å². The van der Waals surface area contributed by atoms with E-state index in [1.807, 2.05) is 79.6 Å². The molecule has 0 N–H and O–H groups in total. The molecule has 2 aromatic carbocycles. The van der Waals surface area contributed by atoms with Crippen LogP contribution in [0.3, 0.4) is 0 Å². The minimum Gasteiger partial charge on any atom is -0.489 e. The van der Waals surface area contributed by atoms with Crippen molar-refractivity contribution in [2.24, 2.45) is 0 Å². The van der Waals surface area contributed by atoms with E-state index in [2.05, 4.69) is 0 Å². The van der Waals surface area contributed by atoms with Crippen LogP contribution in [-0.4, -0.2) is 24.5 Å². The number of hydrogen-bond donors (Lipinski definition) is 0. The van der Waals surface area contributed by atoms with Gasteiger partial charge in [-0.25, -0.2) is 4.90 Å². The minimum atomic E-state index is -0.348. The first kappa shape index (κ1) is 20.9. The molecule has 0 saturated heterocycles. The third-order valence-electron chi connectivity index (χ3n) is 4.95. The predicted octanol–water partition coefficient (Wildman–Crippen LogP) is 5.35. The highest BCUT2D eigenvalue weighted by Crippen LogP contribution is 2.40. The molecule has 0 bridgehead atoms. The van der Waals surface area contributed by atoms with E-state index < -0.39 is 0 Å². The number of carbonyl (C=O) groups is 2. The fraction of sp³-hybridized carbons (Fsp3) is 0.200. The number of amides is 2. The van der Waals surface area contributed by atoms with Crippen LogP contribution in [0.15, 0.2) is 77.8 Å². The fourth-order valence-electron chi connectivity index (χ4n) is 3.70. The first-order valence-corrected chi connectivity index (χ1v) is 11.2. The van der Waals surface area contributed by atoms with Gasteiger partial charge in [0.1, 0.15) is 11.4 Å². The van der Waals surface area contributed by atoms with Gasteiger partial charge in [-0.3, -0.25) is 9.59 Å². The molecule has 1 aliphatic heterocycles. The fourth-order valence-corrected chi connectivity index (χ4v) is 4.47. The average molecular weight is 433 g/mol. The standard InChI is InChI=1S/C25H24N2O3S/c1-4-26(18-11-6-5-7-12-18)23-22(21-15-10-16-31-21)24(28)27(25(23)29)19-13-8-9-14-20(19)30-17(2)3/h5-17H,4H2,1-3H3. The second-order valence-corrected chi connectivity index (χ2v) is 8.31. The summed E-state index contributed by atoms with van der Waals surface area (Å²) in [5.74, 6) is -0.177. The van der Waals surface area contributed by atoms with Crippen LogP contribution in [0.2, 0.25) is 0 Å². The van der Waals surface area contributed by atoms with Gasteiger partial charge < -0.3 is 9.64 Å². The summed E-state index contributed by atoms with van der Waals surface area (Å²) >= 11 is 1.45. The summed E-state index contributed by atoms with van der Waals surface area (Å²) in [6.45, 7) is 6.35. The number of carbonyl (C=O) groups excluding carboxylic acids is 2. The van der Waals surface area contributed by atoms with E-state index in [4.69, 9.17) is 4.74 Å². The summed E-state index contributed by atoms with van der Waals surface area (Å²) in [5.41, 5.74) is 2.13. The van der Waals surface area contributed by atoms with Crippen molar-refractivity contribution in [2.75, 3.05) is 16.3 Å². The highest BCUT2D eigenvalue weighted by atomic mass is 32.1. The molecule has 0 spiro atoms. The Bertz CT molecular complexity index is 1120. The molecule has 158 valence electrons. The maximum absolute atomic E-state index is 13.8. The van der Waals surface area contributed by atoms with Crippen molar-refractivity contribution in [1.82, 2.24) is 0 Å². The molecule has 6 heteroatoms. The highest BCUT2D eigenvalue weighted by Gasteiger charge is 2.44. The number of imide groups is 1. The number of anilines is 2. The summed E-state index contributed by atoms with van der Waals surface area (Å²) in [6, 6.07) is 20.6. The van der Waals surface area contributed by atoms with Gasteiger partial charge in [-0.1, -0.05) is 36.4 Å². The molecule has 0 saturated carbocycles. The molecule has 0 aliphatic carbocycles. The molecule has 0 atom stereocenters. The third kappa shape index (κ3) is 3.86. The van der Waals surface area contributed by atoms with Gasteiger partial charge in [0.15, 0.2) is 0 Å². The summed E-state index contributed by atoms with van der Waals surface area (Å²) in [4.78, 5) is 31.4. The van der Waals surface area contributed by atoms with Crippen molar-refractivity contribution in [3.8, 4) is 5.75 Å². The molecular weight excluding hydrogens is 408 g/mol. The number of likely N-dealkylation sites (N-methyl/N-ethyl adjacent to an activating group) is 1. The summed E-state index contributed by atoms with van der Waals surface area (Å²) in [6.07, 6.45) is -0.0883. The van der Waals surface area contributed by atoms with Gasteiger partial charge in [-0.05, 0) is 56.5 Å². The van der Waals surface area contributed by atoms with Crippen LogP contribution >= 0.6 is 11.3 Å². The van der Waals surface area contributed by atoms with Gasteiger partial charge in [0.05, 0.1) is 17.4 Å². The largest absolute Gasteiger partial charge is 0.489 e. The van der Waals surface area contributed by atoms with Crippen molar-refractivity contribution in [3.63, 3.8) is 0 Å². The number of thiophene rings is 1. The lowest BCUT2D eigenvalue weighted by atomic mass is 10.1. The normalized spacial score (nSPS) is 14.0. The topological polar surface area (TPSA) is 49.9 Å². The molecule has 3 aromatic rings. The van der Waals surface area contributed by atoms with Crippen molar-refractivity contribution in [2.45, 2.75) is 26.9 Å². The third-order valence-corrected chi connectivity index (χ3v) is 5.84. The Morgan fingerprint density at radius 2 is 1.65 bits per heavy atom. The Hall–Kier alpha value is -3.38. The van der Waals surface area contributed by atoms with Gasteiger partial charge in [-0.15, -0.1) is 11.3 Å². The Kier molecular flexibility index (Phi) is 5.91. The first-order valence-electron chi connectivity index (χ1n) is 10.3. The van der Waals surface area contributed by atoms with Crippen molar-refractivity contribution in [1.29, 1.82) is 0 Å². The number of nitrogens with zero attached hydrogens (tertiary/aromatic N) is 2. The lowest BCUT2D eigenvalue weighted by molar-refractivity contribution is -0.120. The second-order valence-electron chi connectivity index (χ2n) is 7.36. The van der Waals surface area contributed by atoms with Gasteiger partial charge in [0.2, 0.25) is 0 Å². The van der Waals surface area contributed by atoms with Gasteiger partial charge >= 0.3 is 0 Å². The number of benzene rings is 2. The Labute approximate surface area is 186 Å². The van der Waals surface area contributed by atoms with Crippen LogP contribution in [0.1, 0.15) is 25.6 Å². The lowest BCUT2D eigenvalue weighted by Crippen LogP contribution is -2.35. The Balaban J connectivity index is 1.87. The molecule has 2 heterocycles. The molecule has 0 unspecified atom stereocenters. The first-order chi connectivity index (χ1) is 15.0. The van der Waals surface area contributed by atoms with E-state index in [9.17, 15) is 9.59 Å². The predicted molar refractivity (Wildman–Crippen MR) is 125 cm³/mol. The summed E-state index contributed by atoms with van der Waals surface area (Å²) < 4.78 is 5.91. The molecule has 1 aromatic heterocycles. The Morgan fingerprint density at radius 1 is 0.935 bits per heavy atom. The SMILES string of the molecule is CCN(C1=C(c2cccs2)C(=O)N(c2ccccc2OC(C)C)C1=O)c1ccccc1. The average Bonchev–Trinajstić information content (AvgIpc) is 3.37. The van der Waals surface area contributed by atoms with Crippen molar-refractivity contribution >= 4 is 40.1 Å². The van der Waals surface area contributed by atoms with Crippen LogP contribution < -0.4 is 14.5 Å². The zero-order valence-corrected chi connectivity index (χ0v) is 18.6. The molecule has 5 nitrogen and oxygen atoms in total. The van der Waals surface area contributed by atoms with Crippen LogP contribution in [0, 0.1) is 0 Å². The van der Waals surface area contributed by atoms with E-state index in [1.165, 1.54) is 16.2 Å². The molecule has 0 fully saturated rings. The maximum Gasteiger partial charge on any atom is 0.282 e. The zero-order chi connectivity index (χ0) is 22.0. The van der Waals surface area contributed by atoms with E-state index in [-0.39, 0.29) is 17.9 Å². The minimum absolute atomic E-state index is 0.0883. The van der Waals surface area contributed by atoms with Crippen LogP contribution in [0.5, 0.6) is 5.75 Å². The van der Waals surface area contributed by atoms with Gasteiger partial charge in [0, 0.05) is 17.1 Å². The number of para-hydroxylation sites is 3. The molecule has 2 amide bonds. The van der Waals surface area contributed by atoms with Crippen LogP contribution in [0.25, 0.3) is 5.57 Å². The van der Waals surface area contributed by atoms with E-state index in [0.717, 1.165) is 10.6 Å². The van der Waals surface area contributed by atoms with E-state index in [1.54, 1.807) is 18.2 Å². The number of hydrogen-bond acceptors (Lipinski definition) is 5. The van der Waals surface area contributed by atoms with Gasteiger partial charge in [-0.2, -0.15) is 0 Å². The monoisotopic (exact) mass is 432 g/mol. The van der Waals surface area contributed by atoms with E-state index in [0.29, 0.717) is 29.3 Å². The molecule has 4 rings (SSSR count). The summed E-state index contributed by atoms with van der Waals surface area (Å²) in [7, 11) is 0. The van der Waals surface area contributed by atoms with Crippen molar-refractivity contribution < 1.29 is 14.3 Å². The lowest BCUT2D eigenvalue weighted by Gasteiger charge is -2.25. The molecule has 31 heavy (non-hydrogen) atoms. The smallest absolute Gasteiger partial charge is 0.282 e. The Morgan fingerprint density at radius 3 is 2.29 bits per heavy atom. The molecule has 0 radical (unpaired) electrons. The van der Waals surface area contributed by atoms with Crippen LogP contribution in [0.4, 0.5) is 11.4 Å². The maximum atomic E-state index is 13.8. The number of ether oxygens (including phenoxy) is 1. The molecular formula is C25H24N2O3S. The molecule has 1 aliphatic rings. The zero-order valence-electron chi connectivity index (χ0n) is 17.7. The second kappa shape index (κ2) is 8.78. The van der Waals surface area contributed by atoms with Crippen molar-refractivity contribution in [3.05, 3.63) is 82.7 Å². The van der Waals surface area contributed by atoms with Crippen LogP contribution in [-0.2, 0) is 9.59 Å². The summed E-state index contributed by atoms with van der Waals surface area (Å²) in [5, 5.41) is 1.91. The number of rotatable bonds is 7. The quantitative estimate of drug-likeness (QED) is 0.473. The highest BCUT2D eigenvalue weighted by molar-refractivity contribution is 7.11. The van der Waals surface area contributed by atoms with E-state index >= 15 is 0 Å².